The van der Waals surface area contributed by atoms with Crippen LogP contribution < -0.4 is 31.9 Å². The summed E-state index contributed by atoms with van der Waals surface area (Å²) in [6, 6.07) is 31.3. The van der Waals surface area contributed by atoms with Gasteiger partial charge in [-0.2, -0.15) is 0 Å². The summed E-state index contributed by atoms with van der Waals surface area (Å²) in [5.74, 6) is -3.60. The summed E-state index contributed by atoms with van der Waals surface area (Å²) in [5.41, 5.74) is 18.0. The second-order valence-electron chi connectivity index (χ2n) is 42.8. The molecule has 27 heteroatoms. The van der Waals surface area contributed by atoms with Gasteiger partial charge in [-0.05, 0) is 195 Å². The van der Waals surface area contributed by atoms with Gasteiger partial charge in [-0.1, -0.05) is 321 Å². The van der Waals surface area contributed by atoms with Crippen molar-refractivity contribution in [3.05, 3.63) is 271 Å². The molecule has 6 unspecified atom stereocenters. The Bertz CT molecular complexity index is 5960. The Morgan fingerprint density at radius 3 is 0.952 bits per heavy atom. The molecule has 147 heavy (non-hydrogen) atoms. The van der Waals surface area contributed by atoms with E-state index < -0.39 is 47.8 Å². The Morgan fingerprint density at radius 2 is 0.544 bits per heavy atom. The van der Waals surface area contributed by atoms with Crippen LogP contribution in [-0.2, 0) is 92.2 Å². The smallest absolute Gasteiger partial charge is 0.262 e. The van der Waals surface area contributed by atoms with Gasteiger partial charge in [0.05, 0.1) is 22.3 Å². The van der Waals surface area contributed by atoms with Gasteiger partial charge in [-0.3, -0.25) is 87.0 Å². The van der Waals surface area contributed by atoms with Crippen molar-refractivity contribution in [1.29, 1.82) is 0 Å². The molecule has 6 aromatic carbocycles. The van der Waals surface area contributed by atoms with E-state index in [4.69, 9.17) is 0 Å². The van der Waals surface area contributed by atoms with Crippen molar-refractivity contribution in [2.45, 2.75) is 387 Å². The van der Waals surface area contributed by atoms with Crippen LogP contribution in [0.1, 0.15) is 431 Å². The number of carbonyl (C=O) groups excluding carboxylic acids is 15. The molecule has 15 amide bonds. The maximum atomic E-state index is 12.9. The molecule has 0 saturated carbocycles. The number of nitrogens with one attached hydrogen (secondary N) is 6. The number of benzene rings is 6. The van der Waals surface area contributed by atoms with E-state index in [2.05, 4.69) is 166 Å². The summed E-state index contributed by atoms with van der Waals surface area (Å²) in [6.45, 7) is 82.6. The van der Waals surface area contributed by atoms with Crippen molar-refractivity contribution < 1.29 is 71.9 Å². The predicted molar refractivity (Wildman–Crippen MR) is 584 cm³/mol. The lowest BCUT2D eigenvalue weighted by molar-refractivity contribution is -0.136. The molecular formula is C120H166N12O15. The largest absolute Gasteiger partial charge is 0.329 e. The van der Waals surface area contributed by atoms with Crippen LogP contribution in [0.15, 0.2) is 171 Å². The first-order valence-electron chi connectivity index (χ1n) is 52.1. The van der Waals surface area contributed by atoms with E-state index in [0.29, 0.717) is 92.7 Å². The minimum Gasteiger partial charge on any atom is -0.329 e. The number of imide groups is 3. The Balaban J connectivity index is 0.000000263. The van der Waals surface area contributed by atoms with Crippen LogP contribution in [0.4, 0.5) is 0 Å². The van der Waals surface area contributed by atoms with Gasteiger partial charge in [0, 0.05) is 83.3 Å². The fourth-order valence-electron chi connectivity index (χ4n) is 19.1. The van der Waals surface area contributed by atoms with Gasteiger partial charge in [-0.15, -0.1) is 0 Å². The first kappa shape index (κ1) is 122. The standard InChI is InChI=1S/C18H20N2O3.4C18H22N2O2.C17H18N2O4.6C2H6.CH4/c1-10-5-8-14(15(21)19-10)20-16(22)12-7-6-11(18(2,3)4)9-13(12)17(20)23;1-11-5-8-15(16(21)19-11)20-10-12-9-13(18(2,3)4)6-7-14(12)17(20)22;1-11-5-8-15(16(21)19-11)20-10-12-6-7-13(18(2,3)4)9-14(12)17(20)22;1-11-8-9-15(16(21)19-11)20-10-13-12(17(20)22)6-5-7-14(13)18(2,3)4;1-11-8-9-14(16(21)19-11)20-10-12-6-5-7-13(18(2,3)4)15(12)17(20)22;1-17(2,3)10-6-4-5-9-13(10)16(23)19(15(9)22)11-7-8-12(20)18-14(11)21;6*1-2;/h6-7,9,14H,1,5,8H2,2-4H3,(H,19,21);2*6-7,9,15H,1,5,8,10H2,2-4H3,(H,19,21);5-7,15H,1,8-10H2,2-4H3,(H,19,21);5-7,14H,1,8-10H2,2-4H3,(H,19,21);4-6,11H,7-8H2,1-3H3,(H,18,20,21);6*1-2H3;1H4. The molecule has 0 aromatic heterocycles. The maximum Gasteiger partial charge on any atom is 0.262 e. The Labute approximate surface area is 874 Å². The number of hydrogen-bond acceptors (Lipinski definition) is 15. The Kier molecular flexibility index (Phi) is 42.3. The summed E-state index contributed by atoms with van der Waals surface area (Å²) in [4.78, 5) is 195. The minimum absolute atomic E-state index is 0. The number of fused-ring (bicyclic) bond motifs is 6. The molecule has 6 saturated heterocycles. The fourth-order valence-corrected chi connectivity index (χ4v) is 19.1. The molecule has 18 rings (SSSR count). The Morgan fingerprint density at radius 1 is 0.245 bits per heavy atom. The zero-order valence-corrected chi connectivity index (χ0v) is 92.5. The molecule has 0 bridgehead atoms. The van der Waals surface area contributed by atoms with Crippen molar-refractivity contribution >= 4 is 88.6 Å². The lowest BCUT2D eigenvalue weighted by Crippen LogP contribution is -2.54. The van der Waals surface area contributed by atoms with Crippen molar-refractivity contribution in [1.82, 2.24) is 61.3 Å². The third kappa shape index (κ3) is 27.8. The van der Waals surface area contributed by atoms with Crippen LogP contribution in [0.3, 0.4) is 0 Å². The van der Waals surface area contributed by atoms with Crippen LogP contribution in [0.25, 0.3) is 0 Å². The molecule has 0 aliphatic carbocycles. The molecule has 6 aromatic rings. The van der Waals surface area contributed by atoms with Crippen LogP contribution >= 0.6 is 0 Å². The minimum atomic E-state index is -0.923. The molecule has 6 atom stereocenters. The molecule has 0 radical (unpaired) electrons. The third-order valence-electron chi connectivity index (χ3n) is 26.7. The topological polar surface area (TPSA) is 348 Å². The van der Waals surface area contributed by atoms with Crippen LogP contribution in [0.2, 0.25) is 0 Å². The molecule has 796 valence electrons. The summed E-state index contributed by atoms with van der Waals surface area (Å²) >= 11 is 0. The molecule has 12 aliphatic heterocycles. The third-order valence-corrected chi connectivity index (χ3v) is 26.7. The molecule has 0 spiro atoms. The average Bonchev–Trinajstić information content (AvgIpc) is 1.60. The lowest BCUT2D eigenvalue weighted by Gasteiger charge is -2.31. The number of hydrogen-bond donors (Lipinski definition) is 6. The van der Waals surface area contributed by atoms with E-state index in [-0.39, 0.29) is 130 Å². The van der Waals surface area contributed by atoms with Gasteiger partial charge in [-0.25, -0.2) is 0 Å². The second-order valence-corrected chi connectivity index (χ2v) is 42.8. The SMILES string of the molecule is C.C=C1CCC(N2C(=O)c3ccc(C(C)(C)C)cc3C2=O)C(=O)N1.C=C1CCC(N2Cc3c(cccc3C(C)(C)C)C2=O)C(=O)N1.C=C1CCC(N2Cc3cc(C(C)(C)C)ccc3C2=O)C(=O)N1.C=C1CCC(N2Cc3ccc(C(C)(C)C)cc3C2=O)C(=O)N1.C=C1CCC(N2Cc3cccc(C(C)(C)C)c3C2=O)C(=O)N1.CC.CC.CC.CC.CC.CC.CC(C)(C)c1cccc2c1C(=O)N(C1CCC(=O)NC1=O)C2=O. The normalized spacial score (nSPS) is 20.1. The van der Waals surface area contributed by atoms with Gasteiger partial charge >= 0.3 is 0 Å². The van der Waals surface area contributed by atoms with Crippen LogP contribution in [0, 0.1) is 0 Å². The van der Waals surface area contributed by atoms with Gasteiger partial charge < -0.3 is 46.2 Å². The van der Waals surface area contributed by atoms with Gasteiger partial charge in [0.15, 0.2) is 0 Å². The highest BCUT2D eigenvalue weighted by Crippen LogP contribution is 2.43. The average molecular weight is 2020 g/mol. The summed E-state index contributed by atoms with van der Waals surface area (Å²) in [6.07, 6.45) is 6.77. The quantitative estimate of drug-likeness (QED) is 0.0844. The van der Waals surface area contributed by atoms with Gasteiger partial charge in [0.2, 0.25) is 41.4 Å². The molecule has 27 nitrogen and oxygen atoms in total. The first-order chi connectivity index (χ1) is 68.5. The predicted octanol–water partition coefficient (Wildman–Crippen LogP) is 21.5. The molecule has 6 N–H and O–H groups in total. The summed E-state index contributed by atoms with van der Waals surface area (Å²) < 4.78 is 0. The maximum absolute atomic E-state index is 12.9. The van der Waals surface area contributed by atoms with E-state index in [1.807, 2.05) is 191 Å². The second kappa shape index (κ2) is 50.9. The summed E-state index contributed by atoms with van der Waals surface area (Å²) in [5, 5.41) is 15.9. The van der Waals surface area contributed by atoms with Crippen molar-refractivity contribution in [3.8, 4) is 0 Å². The number of amides is 15. The van der Waals surface area contributed by atoms with E-state index in [1.165, 1.54) is 11.1 Å². The number of nitrogens with zero attached hydrogens (tertiary/aromatic N) is 6. The first-order valence-corrected chi connectivity index (χ1v) is 52.1. The zero-order valence-electron chi connectivity index (χ0n) is 92.5. The van der Waals surface area contributed by atoms with E-state index in [9.17, 15) is 71.9 Å². The van der Waals surface area contributed by atoms with E-state index in [1.54, 1.807) is 43.9 Å². The molecule has 12 heterocycles. The van der Waals surface area contributed by atoms with Crippen molar-refractivity contribution in [3.63, 3.8) is 0 Å². The fraction of sp³-hybridized carbons (Fsp3) is 0.492. The highest BCUT2D eigenvalue weighted by Gasteiger charge is 2.50. The molecule has 6 fully saturated rings. The lowest BCUT2D eigenvalue weighted by atomic mass is 9.82. The van der Waals surface area contributed by atoms with Crippen LogP contribution in [0.5, 0.6) is 0 Å². The summed E-state index contributed by atoms with van der Waals surface area (Å²) in [7, 11) is 0. The molecular weight excluding hydrogens is 1850 g/mol. The van der Waals surface area contributed by atoms with Gasteiger partial charge in [0.1, 0.15) is 36.3 Å². The molecule has 12 aliphatic rings. The highest BCUT2D eigenvalue weighted by molar-refractivity contribution is 6.25. The number of rotatable bonds is 6. The van der Waals surface area contributed by atoms with Crippen molar-refractivity contribution in [2.75, 3.05) is 0 Å². The van der Waals surface area contributed by atoms with Crippen LogP contribution in [-0.4, -0.2) is 154 Å². The number of piperidine rings is 6. The zero-order chi connectivity index (χ0) is 110. The number of carbonyl (C=O) groups is 15. The van der Waals surface area contributed by atoms with Crippen molar-refractivity contribution in [2.24, 2.45) is 0 Å². The van der Waals surface area contributed by atoms with E-state index in [0.717, 1.165) is 125 Å². The van der Waals surface area contributed by atoms with Gasteiger partial charge in [0.25, 0.3) is 47.3 Å². The number of allylic oxidation sites excluding steroid dienone is 5. The van der Waals surface area contributed by atoms with E-state index >= 15 is 0 Å². The highest BCUT2D eigenvalue weighted by atomic mass is 16.2. The Hall–Kier alpha value is -13.3. The monoisotopic (exact) mass is 2020 g/mol.